The SMILES string of the molecule is CC(C)C[C@H](C(=O)N[C@H](c1nc2ccccc2n1C)C(C)C)N1Cc2ccccc2C1=O. The molecule has 0 unspecified atom stereocenters. The van der Waals surface area contributed by atoms with E-state index < -0.39 is 6.04 Å². The summed E-state index contributed by atoms with van der Waals surface area (Å²) in [5.74, 6) is 1.06. The van der Waals surface area contributed by atoms with Crippen LogP contribution in [0.25, 0.3) is 11.0 Å². The Kier molecular flexibility index (Phi) is 6.04. The van der Waals surface area contributed by atoms with Crippen molar-refractivity contribution in [3.63, 3.8) is 0 Å². The quantitative estimate of drug-likeness (QED) is 0.599. The zero-order valence-corrected chi connectivity index (χ0v) is 19.5. The molecule has 1 N–H and O–H groups in total. The highest BCUT2D eigenvalue weighted by atomic mass is 16.2. The molecule has 1 aliphatic rings. The third kappa shape index (κ3) is 4.01. The van der Waals surface area contributed by atoms with Crippen LogP contribution in [-0.2, 0) is 18.4 Å². The molecule has 1 aromatic heterocycles. The van der Waals surface area contributed by atoms with Crippen LogP contribution in [0.15, 0.2) is 48.5 Å². The zero-order valence-electron chi connectivity index (χ0n) is 19.5. The second-order valence-electron chi connectivity index (χ2n) is 9.48. The topological polar surface area (TPSA) is 67.2 Å². The molecule has 32 heavy (non-hydrogen) atoms. The predicted octanol–water partition coefficient (Wildman–Crippen LogP) is 4.46. The van der Waals surface area contributed by atoms with Crippen LogP contribution in [0.3, 0.4) is 0 Å². The summed E-state index contributed by atoms with van der Waals surface area (Å²) in [5, 5.41) is 3.25. The van der Waals surface area contributed by atoms with Crippen LogP contribution in [-0.4, -0.2) is 32.3 Å². The van der Waals surface area contributed by atoms with Crippen molar-refractivity contribution in [1.29, 1.82) is 0 Å². The fourth-order valence-electron chi connectivity index (χ4n) is 4.57. The standard InChI is InChI=1S/C26H32N4O2/c1-16(2)14-22(30-15-18-10-6-7-11-19(18)26(30)32)25(31)28-23(17(3)4)24-27-20-12-8-9-13-21(20)29(24)5/h6-13,16-17,22-23H,14-15H2,1-5H3,(H,28,31)/t22-,23+/m1/s1. The minimum Gasteiger partial charge on any atom is -0.344 e. The maximum absolute atomic E-state index is 13.6. The molecule has 0 saturated carbocycles. The van der Waals surface area contributed by atoms with E-state index in [-0.39, 0.29) is 29.7 Å². The average molecular weight is 433 g/mol. The second-order valence-corrected chi connectivity index (χ2v) is 9.48. The van der Waals surface area contributed by atoms with Crippen molar-refractivity contribution in [3.8, 4) is 0 Å². The van der Waals surface area contributed by atoms with Crippen molar-refractivity contribution in [2.24, 2.45) is 18.9 Å². The number of hydrogen-bond donors (Lipinski definition) is 1. The van der Waals surface area contributed by atoms with Crippen LogP contribution in [0.1, 0.15) is 61.9 Å². The fourth-order valence-corrected chi connectivity index (χ4v) is 4.57. The first-order valence-electron chi connectivity index (χ1n) is 11.4. The lowest BCUT2D eigenvalue weighted by molar-refractivity contribution is -0.127. The summed E-state index contributed by atoms with van der Waals surface area (Å²) < 4.78 is 2.05. The van der Waals surface area contributed by atoms with Crippen molar-refractivity contribution in [1.82, 2.24) is 19.8 Å². The van der Waals surface area contributed by atoms with Gasteiger partial charge in [-0.2, -0.15) is 0 Å². The highest BCUT2D eigenvalue weighted by Crippen LogP contribution is 2.29. The molecule has 2 aromatic carbocycles. The normalized spacial score (nSPS) is 15.5. The first-order chi connectivity index (χ1) is 15.3. The molecule has 0 radical (unpaired) electrons. The number of amides is 2. The number of benzene rings is 2. The Bertz CT molecular complexity index is 1150. The number of aromatic nitrogens is 2. The largest absolute Gasteiger partial charge is 0.344 e. The van der Waals surface area contributed by atoms with Gasteiger partial charge in [0.1, 0.15) is 11.9 Å². The first-order valence-corrected chi connectivity index (χ1v) is 11.4. The number of aryl methyl sites for hydroxylation is 1. The van der Waals surface area contributed by atoms with Crippen molar-refractivity contribution in [3.05, 3.63) is 65.5 Å². The Balaban J connectivity index is 1.63. The Hall–Kier alpha value is -3.15. The Morgan fingerprint density at radius 1 is 1.06 bits per heavy atom. The summed E-state index contributed by atoms with van der Waals surface area (Å²) in [6, 6.07) is 14.8. The van der Waals surface area contributed by atoms with E-state index in [2.05, 4.69) is 37.6 Å². The lowest BCUT2D eigenvalue weighted by Gasteiger charge is -2.31. The van der Waals surface area contributed by atoms with Crippen LogP contribution >= 0.6 is 0 Å². The monoisotopic (exact) mass is 432 g/mol. The van der Waals surface area contributed by atoms with E-state index >= 15 is 0 Å². The number of imidazole rings is 1. The maximum atomic E-state index is 13.6. The van der Waals surface area contributed by atoms with Gasteiger partial charge in [-0.1, -0.05) is 58.0 Å². The van der Waals surface area contributed by atoms with Gasteiger partial charge in [-0.3, -0.25) is 9.59 Å². The molecule has 0 spiro atoms. The molecule has 6 nitrogen and oxygen atoms in total. The summed E-state index contributed by atoms with van der Waals surface area (Å²) in [7, 11) is 1.98. The van der Waals surface area contributed by atoms with Gasteiger partial charge >= 0.3 is 0 Å². The number of rotatable bonds is 7. The first kappa shape index (κ1) is 22.1. The minimum atomic E-state index is -0.522. The summed E-state index contributed by atoms with van der Waals surface area (Å²) in [6.07, 6.45) is 0.610. The van der Waals surface area contributed by atoms with Gasteiger partial charge in [0.05, 0.1) is 17.1 Å². The van der Waals surface area contributed by atoms with Gasteiger partial charge in [0, 0.05) is 19.2 Å². The van der Waals surface area contributed by atoms with E-state index in [1.807, 2.05) is 55.6 Å². The van der Waals surface area contributed by atoms with Gasteiger partial charge in [-0.05, 0) is 42.0 Å². The van der Waals surface area contributed by atoms with Crippen molar-refractivity contribution in [2.45, 2.75) is 52.7 Å². The van der Waals surface area contributed by atoms with E-state index in [4.69, 9.17) is 4.98 Å². The highest BCUT2D eigenvalue weighted by molar-refractivity contribution is 6.01. The predicted molar refractivity (Wildman–Crippen MR) is 126 cm³/mol. The van der Waals surface area contributed by atoms with E-state index in [1.165, 1.54) is 0 Å². The molecule has 3 aromatic rings. The molecular weight excluding hydrogens is 400 g/mol. The molecule has 0 saturated heterocycles. The summed E-state index contributed by atoms with van der Waals surface area (Å²) in [4.78, 5) is 33.3. The molecule has 0 aliphatic carbocycles. The van der Waals surface area contributed by atoms with Gasteiger partial charge in [0.2, 0.25) is 5.91 Å². The zero-order chi connectivity index (χ0) is 23.0. The Labute approximate surface area is 189 Å². The maximum Gasteiger partial charge on any atom is 0.255 e. The number of nitrogens with one attached hydrogen (secondary N) is 1. The molecule has 2 heterocycles. The molecule has 0 fully saturated rings. The Morgan fingerprint density at radius 2 is 1.75 bits per heavy atom. The van der Waals surface area contributed by atoms with Crippen LogP contribution in [0, 0.1) is 11.8 Å². The summed E-state index contributed by atoms with van der Waals surface area (Å²) in [6.45, 7) is 8.80. The van der Waals surface area contributed by atoms with E-state index in [9.17, 15) is 9.59 Å². The third-order valence-corrected chi connectivity index (χ3v) is 6.29. The van der Waals surface area contributed by atoms with Crippen LogP contribution in [0.4, 0.5) is 0 Å². The van der Waals surface area contributed by atoms with Gasteiger partial charge in [0.25, 0.3) is 5.91 Å². The lowest BCUT2D eigenvalue weighted by atomic mass is 9.99. The molecule has 6 heteroatoms. The number of nitrogens with zero attached hydrogens (tertiary/aromatic N) is 3. The van der Waals surface area contributed by atoms with Crippen LogP contribution in [0.5, 0.6) is 0 Å². The van der Waals surface area contributed by atoms with E-state index in [0.29, 0.717) is 18.5 Å². The van der Waals surface area contributed by atoms with Gasteiger partial charge in [-0.15, -0.1) is 0 Å². The molecule has 1 aliphatic heterocycles. The number of carbonyl (C=O) groups excluding carboxylic acids is 2. The molecule has 4 rings (SSSR count). The van der Waals surface area contributed by atoms with Gasteiger partial charge in [0.15, 0.2) is 0 Å². The van der Waals surface area contributed by atoms with E-state index in [1.54, 1.807) is 4.90 Å². The van der Waals surface area contributed by atoms with Crippen LogP contribution < -0.4 is 5.32 Å². The van der Waals surface area contributed by atoms with Gasteiger partial charge < -0.3 is 14.8 Å². The molecular formula is C26H32N4O2. The number of hydrogen-bond acceptors (Lipinski definition) is 3. The third-order valence-electron chi connectivity index (χ3n) is 6.29. The van der Waals surface area contributed by atoms with Crippen molar-refractivity contribution < 1.29 is 9.59 Å². The van der Waals surface area contributed by atoms with E-state index in [0.717, 1.165) is 22.4 Å². The average Bonchev–Trinajstić information content (AvgIpc) is 3.27. The minimum absolute atomic E-state index is 0.0646. The highest BCUT2D eigenvalue weighted by Gasteiger charge is 2.38. The lowest BCUT2D eigenvalue weighted by Crippen LogP contribution is -2.49. The number of fused-ring (bicyclic) bond motifs is 2. The second kappa shape index (κ2) is 8.77. The molecule has 168 valence electrons. The number of para-hydroxylation sites is 2. The summed E-state index contributed by atoms with van der Waals surface area (Å²) in [5.41, 5.74) is 3.62. The van der Waals surface area contributed by atoms with Gasteiger partial charge in [-0.25, -0.2) is 4.98 Å². The fraction of sp³-hybridized carbons (Fsp3) is 0.423. The Morgan fingerprint density at radius 3 is 2.41 bits per heavy atom. The number of carbonyl (C=O) groups is 2. The van der Waals surface area contributed by atoms with Crippen molar-refractivity contribution in [2.75, 3.05) is 0 Å². The summed E-state index contributed by atoms with van der Waals surface area (Å²) >= 11 is 0. The van der Waals surface area contributed by atoms with Crippen LogP contribution in [0.2, 0.25) is 0 Å². The van der Waals surface area contributed by atoms with Crippen molar-refractivity contribution >= 4 is 22.8 Å². The smallest absolute Gasteiger partial charge is 0.255 e. The molecule has 2 atom stereocenters. The molecule has 0 bridgehead atoms. The molecule has 2 amide bonds.